The van der Waals surface area contributed by atoms with E-state index < -0.39 is 11.4 Å². The van der Waals surface area contributed by atoms with Gasteiger partial charge in [0.15, 0.2) is 0 Å². The number of aliphatic carboxylic acids is 1. The summed E-state index contributed by atoms with van der Waals surface area (Å²) in [6.45, 7) is 0.689. The molecule has 0 radical (unpaired) electrons. The Hall–Kier alpha value is -1.91. The first-order valence-corrected chi connectivity index (χ1v) is 6.37. The number of benzene rings is 1. The van der Waals surface area contributed by atoms with Gasteiger partial charge >= 0.3 is 5.97 Å². The number of hydrogen-bond donors (Lipinski definition) is 1. The van der Waals surface area contributed by atoms with Crippen molar-refractivity contribution < 1.29 is 14.3 Å². The van der Waals surface area contributed by atoms with E-state index in [1.165, 1.54) is 6.07 Å². The highest BCUT2D eigenvalue weighted by atomic mass is 19.1. The Morgan fingerprint density at radius 1 is 1.42 bits per heavy atom. The minimum absolute atomic E-state index is 0.0731. The second kappa shape index (κ2) is 3.15. The van der Waals surface area contributed by atoms with Crippen LogP contribution < -0.4 is 0 Å². The fraction of sp³-hybridized carbons (Fsp3) is 0.429. The fourth-order valence-electron chi connectivity index (χ4n) is 3.90. The molecule has 98 valence electrons. The molecule has 0 atom stereocenters. The van der Waals surface area contributed by atoms with Gasteiger partial charge in [-0.2, -0.15) is 5.10 Å². The molecule has 2 bridgehead atoms. The van der Waals surface area contributed by atoms with Crippen LogP contribution >= 0.6 is 0 Å². The van der Waals surface area contributed by atoms with E-state index in [-0.39, 0.29) is 11.2 Å². The average Bonchev–Trinajstić information content (AvgIpc) is 2.65. The number of carbonyl (C=O) groups is 1. The van der Waals surface area contributed by atoms with Crippen molar-refractivity contribution >= 4 is 16.9 Å². The minimum atomic E-state index is -0.675. The molecule has 5 heteroatoms. The van der Waals surface area contributed by atoms with Crippen LogP contribution in [0.5, 0.6) is 0 Å². The molecule has 3 aliphatic carbocycles. The summed E-state index contributed by atoms with van der Waals surface area (Å²) in [5, 5.41) is 13.9. The first-order valence-electron chi connectivity index (χ1n) is 6.37. The van der Waals surface area contributed by atoms with Crippen molar-refractivity contribution in [2.24, 2.45) is 10.8 Å². The summed E-state index contributed by atoms with van der Waals surface area (Å²) < 4.78 is 15.4. The predicted octanol–water partition coefficient (Wildman–Crippen LogP) is 2.43. The molecule has 0 unspecified atom stereocenters. The van der Waals surface area contributed by atoms with E-state index in [4.69, 9.17) is 5.11 Å². The van der Waals surface area contributed by atoms with E-state index in [2.05, 4.69) is 5.10 Å². The molecular weight excluding hydrogens is 247 g/mol. The Balaban J connectivity index is 1.62. The number of aromatic nitrogens is 2. The van der Waals surface area contributed by atoms with Crippen LogP contribution in [0.1, 0.15) is 19.3 Å². The van der Waals surface area contributed by atoms with Crippen LogP contribution in [0.4, 0.5) is 4.39 Å². The Kier molecular flexibility index (Phi) is 1.82. The van der Waals surface area contributed by atoms with Crippen LogP contribution in [0.25, 0.3) is 10.9 Å². The number of halogens is 1. The molecule has 3 saturated carbocycles. The monoisotopic (exact) mass is 260 g/mol. The SMILES string of the molecule is O=C(O)C12CC(Cn3ncc4c(F)cccc43)(C1)C2. The maximum Gasteiger partial charge on any atom is 0.309 e. The third-order valence-corrected chi connectivity index (χ3v) is 4.71. The molecule has 0 saturated heterocycles. The lowest BCUT2D eigenvalue weighted by molar-refractivity contribution is -0.227. The van der Waals surface area contributed by atoms with Gasteiger partial charge in [-0.1, -0.05) is 6.07 Å². The third-order valence-electron chi connectivity index (χ3n) is 4.71. The zero-order valence-electron chi connectivity index (χ0n) is 10.3. The standard InChI is InChI=1S/C14H13FN2O2/c15-10-2-1-3-11-9(10)4-16-17(11)8-13-5-14(6-13,7-13)12(18)19/h1-4H,5-8H2,(H,18,19). The van der Waals surface area contributed by atoms with Crippen molar-refractivity contribution in [3.05, 3.63) is 30.2 Å². The Labute approximate surface area is 108 Å². The lowest BCUT2D eigenvalue weighted by Crippen LogP contribution is -2.66. The zero-order valence-corrected chi connectivity index (χ0v) is 10.3. The average molecular weight is 260 g/mol. The van der Waals surface area contributed by atoms with Gasteiger partial charge < -0.3 is 5.11 Å². The first kappa shape index (κ1) is 11.0. The van der Waals surface area contributed by atoms with Gasteiger partial charge in [-0.3, -0.25) is 9.48 Å². The first-order chi connectivity index (χ1) is 9.04. The Morgan fingerprint density at radius 2 is 2.16 bits per heavy atom. The lowest BCUT2D eigenvalue weighted by Gasteiger charge is -2.68. The second-order valence-electron chi connectivity index (χ2n) is 6.09. The number of nitrogens with zero attached hydrogens (tertiary/aromatic N) is 2. The predicted molar refractivity (Wildman–Crippen MR) is 66.0 cm³/mol. The van der Waals surface area contributed by atoms with Gasteiger partial charge in [-0.05, 0) is 36.8 Å². The number of hydrogen-bond acceptors (Lipinski definition) is 2. The molecule has 3 aliphatic rings. The Morgan fingerprint density at radius 3 is 2.84 bits per heavy atom. The molecule has 0 spiro atoms. The summed E-state index contributed by atoms with van der Waals surface area (Å²) in [6, 6.07) is 4.95. The molecule has 1 heterocycles. The molecule has 4 nitrogen and oxygen atoms in total. The molecular formula is C14H13FN2O2. The van der Waals surface area contributed by atoms with Crippen molar-refractivity contribution in [2.45, 2.75) is 25.8 Å². The normalized spacial score (nSPS) is 31.8. The fourth-order valence-corrected chi connectivity index (χ4v) is 3.90. The summed E-state index contributed by atoms with van der Waals surface area (Å²) in [7, 11) is 0. The van der Waals surface area contributed by atoms with Gasteiger partial charge in [0.05, 0.1) is 22.5 Å². The molecule has 2 aromatic rings. The van der Waals surface area contributed by atoms with Crippen molar-refractivity contribution in [1.29, 1.82) is 0 Å². The largest absolute Gasteiger partial charge is 0.481 e. The third kappa shape index (κ3) is 1.27. The minimum Gasteiger partial charge on any atom is -0.481 e. The maximum atomic E-state index is 13.6. The van der Waals surface area contributed by atoms with Crippen LogP contribution in [-0.2, 0) is 11.3 Å². The number of rotatable bonds is 3. The molecule has 3 fully saturated rings. The van der Waals surface area contributed by atoms with E-state index in [1.807, 2.05) is 10.7 Å². The van der Waals surface area contributed by atoms with Crippen molar-refractivity contribution in [3.63, 3.8) is 0 Å². The van der Waals surface area contributed by atoms with Crippen LogP contribution in [0.15, 0.2) is 24.4 Å². The quantitative estimate of drug-likeness (QED) is 0.922. The van der Waals surface area contributed by atoms with E-state index in [0.717, 1.165) is 24.8 Å². The van der Waals surface area contributed by atoms with Crippen LogP contribution in [0, 0.1) is 16.6 Å². The summed E-state index contributed by atoms with van der Waals surface area (Å²) in [6.07, 6.45) is 3.73. The van der Waals surface area contributed by atoms with Crippen molar-refractivity contribution in [1.82, 2.24) is 9.78 Å². The van der Waals surface area contributed by atoms with E-state index in [9.17, 15) is 9.18 Å². The maximum absolute atomic E-state index is 13.6. The molecule has 1 N–H and O–H groups in total. The zero-order chi connectivity index (χ0) is 13.3. The topological polar surface area (TPSA) is 55.1 Å². The number of carboxylic acids is 1. The molecule has 5 rings (SSSR count). The Bertz CT molecular complexity index is 687. The van der Waals surface area contributed by atoms with Gasteiger partial charge in [-0.25, -0.2) is 4.39 Å². The van der Waals surface area contributed by atoms with E-state index in [0.29, 0.717) is 11.9 Å². The van der Waals surface area contributed by atoms with E-state index >= 15 is 0 Å². The van der Waals surface area contributed by atoms with Gasteiger partial charge in [0.25, 0.3) is 0 Å². The molecule has 19 heavy (non-hydrogen) atoms. The van der Waals surface area contributed by atoms with Gasteiger partial charge in [0.2, 0.25) is 0 Å². The summed E-state index contributed by atoms with van der Waals surface area (Å²) in [5.74, 6) is -0.936. The van der Waals surface area contributed by atoms with Crippen LogP contribution in [0.3, 0.4) is 0 Å². The highest BCUT2D eigenvalue weighted by Crippen LogP contribution is 2.74. The molecule has 1 aromatic carbocycles. The summed E-state index contributed by atoms with van der Waals surface area (Å²) in [4.78, 5) is 11.1. The van der Waals surface area contributed by atoms with Crippen molar-refractivity contribution in [2.75, 3.05) is 0 Å². The van der Waals surface area contributed by atoms with Gasteiger partial charge in [-0.15, -0.1) is 0 Å². The number of carboxylic acid groups (broad SMARTS) is 1. The second-order valence-corrected chi connectivity index (χ2v) is 6.09. The van der Waals surface area contributed by atoms with Gasteiger partial charge in [0, 0.05) is 6.54 Å². The highest BCUT2D eigenvalue weighted by Gasteiger charge is 2.71. The molecule has 0 aliphatic heterocycles. The highest BCUT2D eigenvalue weighted by molar-refractivity contribution is 5.80. The number of fused-ring (bicyclic) bond motifs is 1. The lowest BCUT2D eigenvalue weighted by atomic mass is 9.35. The smallest absolute Gasteiger partial charge is 0.309 e. The molecule has 1 aromatic heterocycles. The summed E-state index contributed by atoms with van der Waals surface area (Å²) in [5.41, 5.74) is 0.395. The summed E-state index contributed by atoms with van der Waals surface area (Å²) >= 11 is 0. The van der Waals surface area contributed by atoms with Crippen LogP contribution in [-0.4, -0.2) is 20.9 Å². The molecule has 0 amide bonds. The van der Waals surface area contributed by atoms with Gasteiger partial charge in [0.1, 0.15) is 5.82 Å². The van der Waals surface area contributed by atoms with Crippen molar-refractivity contribution in [3.8, 4) is 0 Å². The van der Waals surface area contributed by atoms with E-state index in [1.54, 1.807) is 12.3 Å². The van der Waals surface area contributed by atoms with Crippen LogP contribution in [0.2, 0.25) is 0 Å².